The van der Waals surface area contributed by atoms with E-state index >= 15 is 0 Å². The van der Waals surface area contributed by atoms with Gasteiger partial charge in [0, 0.05) is 6.42 Å². The second kappa shape index (κ2) is 8.92. The average molecular weight is 264 g/mol. The van der Waals surface area contributed by atoms with E-state index < -0.39 is 0 Å². The Morgan fingerprint density at radius 1 is 0.895 bits per heavy atom. The van der Waals surface area contributed by atoms with Crippen LogP contribution < -0.4 is 4.74 Å². The van der Waals surface area contributed by atoms with Crippen LogP contribution in [-0.4, -0.2) is 35.5 Å². The van der Waals surface area contributed by atoms with Crippen molar-refractivity contribution in [3.8, 4) is 5.75 Å². The van der Waals surface area contributed by atoms with Crippen LogP contribution >= 0.6 is 0 Å². The van der Waals surface area contributed by atoms with Gasteiger partial charge in [-0.15, -0.1) is 0 Å². The Kier molecular flexibility index (Phi) is 7.49. The molecule has 0 heterocycles. The third-order valence-electron chi connectivity index (χ3n) is 2.66. The minimum absolute atomic E-state index is 0. The van der Waals surface area contributed by atoms with E-state index in [0.29, 0.717) is 12.2 Å². The van der Waals surface area contributed by atoms with Crippen molar-refractivity contribution in [3.05, 3.63) is 66.2 Å². The van der Waals surface area contributed by atoms with Gasteiger partial charge in [0.05, 0.1) is 0 Å². The SMILES string of the molecule is O=C(CCCc1ccccc1)Oc1ccccc1.[NaH]. The summed E-state index contributed by atoms with van der Waals surface area (Å²) in [7, 11) is 0. The molecule has 0 fully saturated rings. The average Bonchev–Trinajstić information content (AvgIpc) is 2.41. The summed E-state index contributed by atoms with van der Waals surface area (Å²) in [5.74, 6) is 0.444. The molecule has 0 unspecified atom stereocenters. The van der Waals surface area contributed by atoms with Crippen LogP contribution in [0, 0.1) is 0 Å². The fourth-order valence-electron chi connectivity index (χ4n) is 1.75. The zero-order chi connectivity index (χ0) is 12.6. The molecule has 0 aliphatic rings. The van der Waals surface area contributed by atoms with Gasteiger partial charge in [0.2, 0.25) is 0 Å². The van der Waals surface area contributed by atoms with E-state index in [0.717, 1.165) is 12.8 Å². The van der Waals surface area contributed by atoms with Crippen molar-refractivity contribution in [2.75, 3.05) is 0 Å². The number of ether oxygens (including phenoxy) is 1. The molecular formula is C16H17NaO2. The predicted molar refractivity (Wildman–Crippen MR) is 78.6 cm³/mol. The summed E-state index contributed by atoms with van der Waals surface area (Å²) < 4.78 is 5.21. The summed E-state index contributed by atoms with van der Waals surface area (Å²) in [6.07, 6.45) is 2.17. The van der Waals surface area contributed by atoms with Gasteiger partial charge in [-0.05, 0) is 30.5 Å². The summed E-state index contributed by atoms with van der Waals surface area (Å²) in [5.41, 5.74) is 1.25. The molecule has 3 heteroatoms. The first kappa shape index (κ1) is 16.0. The van der Waals surface area contributed by atoms with Crippen LogP contribution in [0.4, 0.5) is 0 Å². The molecule has 2 aromatic rings. The Morgan fingerprint density at radius 2 is 1.47 bits per heavy atom. The summed E-state index contributed by atoms with van der Waals surface area (Å²) >= 11 is 0. The van der Waals surface area contributed by atoms with Crippen molar-refractivity contribution in [2.24, 2.45) is 0 Å². The van der Waals surface area contributed by atoms with Crippen LogP contribution in [0.25, 0.3) is 0 Å². The molecule has 2 nitrogen and oxygen atoms in total. The Hall–Kier alpha value is -1.09. The molecule has 0 saturated heterocycles. The van der Waals surface area contributed by atoms with E-state index in [1.807, 2.05) is 36.4 Å². The summed E-state index contributed by atoms with van der Waals surface area (Å²) in [6, 6.07) is 19.3. The molecule has 0 bridgehead atoms. The molecule has 0 radical (unpaired) electrons. The van der Waals surface area contributed by atoms with Gasteiger partial charge < -0.3 is 4.74 Å². The summed E-state index contributed by atoms with van der Waals surface area (Å²) in [4.78, 5) is 11.6. The van der Waals surface area contributed by atoms with Crippen LogP contribution in [0.5, 0.6) is 5.75 Å². The van der Waals surface area contributed by atoms with Gasteiger partial charge >= 0.3 is 35.5 Å². The van der Waals surface area contributed by atoms with Crippen LogP contribution in [0.15, 0.2) is 60.7 Å². The number of esters is 1. The first-order valence-corrected chi connectivity index (χ1v) is 6.14. The van der Waals surface area contributed by atoms with Gasteiger partial charge in [0.1, 0.15) is 5.75 Å². The number of carbonyl (C=O) groups excluding carboxylic acids is 1. The van der Waals surface area contributed by atoms with Crippen molar-refractivity contribution in [1.82, 2.24) is 0 Å². The van der Waals surface area contributed by atoms with E-state index in [2.05, 4.69) is 12.1 Å². The van der Waals surface area contributed by atoms with Gasteiger partial charge in [-0.25, -0.2) is 0 Å². The number of aryl methyl sites for hydroxylation is 1. The molecule has 19 heavy (non-hydrogen) atoms. The van der Waals surface area contributed by atoms with Crippen molar-refractivity contribution in [2.45, 2.75) is 19.3 Å². The Balaban J connectivity index is 0.00000180. The zero-order valence-corrected chi connectivity index (χ0v) is 10.2. The third-order valence-corrected chi connectivity index (χ3v) is 2.66. The zero-order valence-electron chi connectivity index (χ0n) is 10.2. The quantitative estimate of drug-likeness (QED) is 0.471. The fourth-order valence-corrected chi connectivity index (χ4v) is 1.75. The van der Waals surface area contributed by atoms with E-state index in [1.165, 1.54) is 5.56 Å². The molecule has 2 rings (SSSR count). The molecule has 0 saturated carbocycles. The molecular weight excluding hydrogens is 247 g/mol. The summed E-state index contributed by atoms with van der Waals surface area (Å²) in [6.45, 7) is 0. The van der Waals surface area contributed by atoms with E-state index in [1.54, 1.807) is 12.1 Å². The van der Waals surface area contributed by atoms with Crippen LogP contribution in [0.1, 0.15) is 18.4 Å². The minimum atomic E-state index is -0.169. The number of hydrogen-bond acceptors (Lipinski definition) is 2. The molecule has 0 aliphatic carbocycles. The van der Waals surface area contributed by atoms with Crippen LogP contribution in [0.3, 0.4) is 0 Å². The van der Waals surface area contributed by atoms with Crippen molar-refractivity contribution in [1.29, 1.82) is 0 Å². The predicted octanol–water partition coefficient (Wildman–Crippen LogP) is 2.97. The first-order valence-electron chi connectivity index (χ1n) is 6.14. The Morgan fingerprint density at radius 3 is 2.11 bits per heavy atom. The van der Waals surface area contributed by atoms with E-state index in [9.17, 15) is 4.79 Å². The molecule has 2 aromatic carbocycles. The van der Waals surface area contributed by atoms with Gasteiger partial charge in [-0.3, -0.25) is 4.79 Å². The number of hydrogen-bond donors (Lipinski definition) is 0. The van der Waals surface area contributed by atoms with Crippen LogP contribution in [-0.2, 0) is 11.2 Å². The molecule has 0 aromatic heterocycles. The molecule has 0 amide bonds. The molecule has 94 valence electrons. The molecule has 0 atom stereocenters. The molecule has 0 N–H and O–H groups in total. The normalized spacial score (nSPS) is 9.47. The second-order valence-corrected chi connectivity index (χ2v) is 4.13. The van der Waals surface area contributed by atoms with Gasteiger partial charge in [-0.1, -0.05) is 48.5 Å². The Bertz CT molecular complexity index is 483. The fraction of sp³-hybridized carbons (Fsp3) is 0.188. The van der Waals surface area contributed by atoms with E-state index in [4.69, 9.17) is 4.74 Å². The maximum absolute atomic E-state index is 11.6. The maximum atomic E-state index is 11.6. The third kappa shape index (κ3) is 6.06. The molecule has 0 spiro atoms. The number of para-hydroxylation sites is 1. The summed E-state index contributed by atoms with van der Waals surface area (Å²) in [5, 5.41) is 0. The van der Waals surface area contributed by atoms with Gasteiger partial charge in [0.25, 0.3) is 0 Å². The molecule has 0 aliphatic heterocycles. The first-order chi connectivity index (χ1) is 8.84. The standard InChI is InChI=1S/C16H16O2.Na.H/c17-16(18-15-11-5-2-6-12-15)13-7-10-14-8-3-1-4-9-14;;/h1-6,8-9,11-12H,7,10,13H2;;. The number of benzene rings is 2. The van der Waals surface area contributed by atoms with Crippen molar-refractivity contribution in [3.63, 3.8) is 0 Å². The Labute approximate surface area is 136 Å². The van der Waals surface area contributed by atoms with Gasteiger partial charge in [0.15, 0.2) is 0 Å². The van der Waals surface area contributed by atoms with E-state index in [-0.39, 0.29) is 35.5 Å². The van der Waals surface area contributed by atoms with Crippen molar-refractivity contribution >= 4 is 35.5 Å². The van der Waals surface area contributed by atoms with Crippen LogP contribution in [0.2, 0.25) is 0 Å². The number of rotatable bonds is 5. The second-order valence-electron chi connectivity index (χ2n) is 4.13. The van der Waals surface area contributed by atoms with Crippen molar-refractivity contribution < 1.29 is 9.53 Å². The number of carbonyl (C=O) groups is 1. The van der Waals surface area contributed by atoms with Gasteiger partial charge in [-0.2, -0.15) is 0 Å². The topological polar surface area (TPSA) is 26.3 Å². The monoisotopic (exact) mass is 264 g/mol.